The number of benzene rings is 1. The van der Waals surface area contributed by atoms with Gasteiger partial charge in [-0.3, -0.25) is 9.48 Å². The van der Waals surface area contributed by atoms with Crippen LogP contribution < -0.4 is 16.2 Å². The lowest BCUT2D eigenvalue weighted by molar-refractivity contribution is 0.0998. The van der Waals surface area contributed by atoms with E-state index in [2.05, 4.69) is 12.0 Å². The fourth-order valence-electron chi connectivity index (χ4n) is 1.73. The Morgan fingerprint density at radius 1 is 1.47 bits per heavy atom. The molecule has 0 bridgehead atoms. The number of rotatable bonds is 5. The summed E-state index contributed by atoms with van der Waals surface area (Å²) in [5.74, 6) is 0.211. The van der Waals surface area contributed by atoms with Gasteiger partial charge in [0.1, 0.15) is 0 Å². The maximum Gasteiger partial charge on any atom is 0.252 e. The quantitative estimate of drug-likeness (QED) is 0.800. The first-order valence-electron chi connectivity index (χ1n) is 6.00. The van der Waals surface area contributed by atoms with Crippen molar-refractivity contribution in [1.82, 2.24) is 9.78 Å². The number of nitrogens with two attached hydrogens (primary N) is 2. The zero-order chi connectivity index (χ0) is 13.8. The summed E-state index contributed by atoms with van der Waals surface area (Å²) in [5, 5.41) is 4.14. The lowest BCUT2D eigenvalue weighted by Gasteiger charge is -2.09. The van der Waals surface area contributed by atoms with Gasteiger partial charge in [-0.15, -0.1) is 0 Å². The van der Waals surface area contributed by atoms with Crippen molar-refractivity contribution in [1.29, 1.82) is 0 Å². The van der Waals surface area contributed by atoms with Gasteiger partial charge in [-0.25, -0.2) is 0 Å². The van der Waals surface area contributed by atoms with E-state index in [0.717, 1.165) is 13.0 Å². The molecule has 0 unspecified atom stereocenters. The minimum Gasteiger partial charge on any atom is -0.451 e. The van der Waals surface area contributed by atoms with E-state index in [1.807, 2.05) is 0 Å². The van der Waals surface area contributed by atoms with E-state index in [0.29, 0.717) is 11.4 Å². The van der Waals surface area contributed by atoms with Crippen molar-refractivity contribution in [3.05, 3.63) is 36.2 Å². The summed E-state index contributed by atoms with van der Waals surface area (Å²) in [5.41, 5.74) is 11.7. The number of ether oxygens (including phenoxy) is 1. The van der Waals surface area contributed by atoms with Crippen molar-refractivity contribution < 1.29 is 9.53 Å². The molecule has 0 saturated carbocycles. The molecule has 0 aliphatic carbocycles. The summed E-state index contributed by atoms with van der Waals surface area (Å²) in [6.45, 7) is 2.86. The Morgan fingerprint density at radius 2 is 2.26 bits per heavy atom. The number of aromatic nitrogens is 2. The standard InChI is InChI=1S/C13H16N4O2/c1-2-6-17-8-9(7-16-17)19-12-10(13(15)18)4-3-5-11(12)14/h3-5,7-8H,2,6,14H2,1H3,(H2,15,18). The van der Waals surface area contributed by atoms with E-state index in [9.17, 15) is 4.79 Å². The fourth-order valence-corrected chi connectivity index (χ4v) is 1.73. The van der Waals surface area contributed by atoms with Gasteiger partial charge in [-0.2, -0.15) is 5.10 Å². The van der Waals surface area contributed by atoms with Crippen LogP contribution in [0.15, 0.2) is 30.6 Å². The number of hydrogen-bond acceptors (Lipinski definition) is 4. The molecule has 1 aromatic carbocycles. The first-order valence-corrected chi connectivity index (χ1v) is 6.00. The molecule has 0 atom stereocenters. The van der Waals surface area contributed by atoms with Gasteiger partial charge >= 0.3 is 0 Å². The smallest absolute Gasteiger partial charge is 0.252 e. The minimum atomic E-state index is -0.580. The number of hydrogen-bond donors (Lipinski definition) is 2. The fraction of sp³-hybridized carbons (Fsp3) is 0.231. The van der Waals surface area contributed by atoms with Gasteiger partial charge in [0.05, 0.1) is 23.6 Å². The van der Waals surface area contributed by atoms with E-state index < -0.39 is 5.91 Å². The number of nitrogen functional groups attached to an aromatic ring is 1. The summed E-state index contributed by atoms with van der Waals surface area (Å²) in [6.07, 6.45) is 4.30. The SMILES string of the molecule is CCCn1cc(Oc2c(N)cccc2C(N)=O)cn1. The van der Waals surface area contributed by atoms with E-state index in [1.54, 1.807) is 35.3 Å². The van der Waals surface area contributed by atoms with Crippen LogP contribution in [0, 0.1) is 0 Å². The third-order valence-electron chi connectivity index (χ3n) is 2.59. The summed E-state index contributed by atoms with van der Waals surface area (Å²) in [6, 6.07) is 4.88. The third-order valence-corrected chi connectivity index (χ3v) is 2.59. The maximum atomic E-state index is 11.3. The number of nitrogens with zero attached hydrogens (tertiary/aromatic N) is 2. The molecule has 1 amide bonds. The van der Waals surface area contributed by atoms with Crippen molar-refractivity contribution >= 4 is 11.6 Å². The molecule has 0 fully saturated rings. The van der Waals surface area contributed by atoms with Gasteiger partial charge in [0, 0.05) is 6.54 Å². The molecule has 0 aliphatic rings. The average molecular weight is 260 g/mol. The number of carbonyl (C=O) groups is 1. The molecule has 2 rings (SSSR count). The third kappa shape index (κ3) is 2.85. The number of carbonyl (C=O) groups excluding carboxylic acids is 1. The van der Waals surface area contributed by atoms with Crippen LogP contribution in [0.1, 0.15) is 23.7 Å². The Labute approximate surface area is 111 Å². The summed E-state index contributed by atoms with van der Waals surface area (Å²) in [4.78, 5) is 11.3. The summed E-state index contributed by atoms with van der Waals surface area (Å²) in [7, 11) is 0. The highest BCUT2D eigenvalue weighted by molar-refractivity contribution is 5.97. The molecular formula is C13H16N4O2. The van der Waals surface area contributed by atoms with Gasteiger partial charge in [0.15, 0.2) is 11.5 Å². The Kier molecular flexibility index (Phi) is 3.70. The van der Waals surface area contributed by atoms with E-state index in [4.69, 9.17) is 16.2 Å². The van der Waals surface area contributed by atoms with E-state index in [1.165, 1.54) is 0 Å². The predicted octanol–water partition coefficient (Wildman–Crippen LogP) is 1.77. The molecule has 0 spiro atoms. The maximum absolute atomic E-state index is 11.3. The summed E-state index contributed by atoms with van der Waals surface area (Å²) >= 11 is 0. The molecule has 19 heavy (non-hydrogen) atoms. The largest absolute Gasteiger partial charge is 0.451 e. The predicted molar refractivity (Wildman–Crippen MR) is 72.0 cm³/mol. The van der Waals surface area contributed by atoms with Crippen LogP contribution in [-0.4, -0.2) is 15.7 Å². The molecule has 1 heterocycles. The number of para-hydroxylation sites is 1. The molecule has 100 valence electrons. The van der Waals surface area contributed by atoms with Gasteiger partial charge in [-0.05, 0) is 18.6 Å². The normalized spacial score (nSPS) is 10.4. The minimum absolute atomic E-state index is 0.253. The van der Waals surface area contributed by atoms with Gasteiger partial charge in [0.25, 0.3) is 5.91 Å². The molecule has 0 radical (unpaired) electrons. The van der Waals surface area contributed by atoms with Crippen molar-refractivity contribution in [3.8, 4) is 11.5 Å². The Balaban J connectivity index is 2.29. The summed E-state index contributed by atoms with van der Waals surface area (Å²) < 4.78 is 7.38. The van der Waals surface area contributed by atoms with Crippen LogP contribution in [0.2, 0.25) is 0 Å². The van der Waals surface area contributed by atoms with Crippen LogP contribution in [0.25, 0.3) is 0 Å². The Hall–Kier alpha value is -2.50. The molecular weight excluding hydrogens is 244 g/mol. The first kappa shape index (κ1) is 12.9. The lowest BCUT2D eigenvalue weighted by Crippen LogP contribution is -2.13. The average Bonchev–Trinajstić information content (AvgIpc) is 2.79. The first-order chi connectivity index (χ1) is 9.11. The van der Waals surface area contributed by atoms with Crippen LogP contribution >= 0.6 is 0 Å². The van der Waals surface area contributed by atoms with Gasteiger partial charge in [-0.1, -0.05) is 13.0 Å². The molecule has 0 aliphatic heterocycles. The van der Waals surface area contributed by atoms with Crippen LogP contribution in [-0.2, 0) is 6.54 Å². The van der Waals surface area contributed by atoms with Crippen LogP contribution in [0.4, 0.5) is 5.69 Å². The monoisotopic (exact) mass is 260 g/mol. The Bertz CT molecular complexity index is 592. The zero-order valence-electron chi connectivity index (χ0n) is 10.7. The van der Waals surface area contributed by atoms with E-state index >= 15 is 0 Å². The van der Waals surface area contributed by atoms with Gasteiger partial charge < -0.3 is 16.2 Å². The number of aryl methyl sites for hydroxylation is 1. The van der Waals surface area contributed by atoms with Gasteiger partial charge in [0.2, 0.25) is 0 Å². The molecule has 1 aromatic heterocycles. The van der Waals surface area contributed by atoms with Crippen LogP contribution in [0.5, 0.6) is 11.5 Å². The van der Waals surface area contributed by atoms with Crippen LogP contribution in [0.3, 0.4) is 0 Å². The highest BCUT2D eigenvalue weighted by Crippen LogP contribution is 2.30. The van der Waals surface area contributed by atoms with Crippen molar-refractivity contribution in [2.75, 3.05) is 5.73 Å². The number of amides is 1. The molecule has 0 saturated heterocycles. The second-order valence-corrected chi connectivity index (χ2v) is 4.13. The highest BCUT2D eigenvalue weighted by Gasteiger charge is 2.14. The molecule has 4 N–H and O–H groups in total. The lowest BCUT2D eigenvalue weighted by atomic mass is 10.1. The second-order valence-electron chi connectivity index (χ2n) is 4.13. The molecule has 2 aromatic rings. The van der Waals surface area contributed by atoms with Crippen molar-refractivity contribution in [2.24, 2.45) is 5.73 Å². The zero-order valence-corrected chi connectivity index (χ0v) is 10.7. The van der Waals surface area contributed by atoms with E-state index in [-0.39, 0.29) is 11.3 Å². The molecule has 6 nitrogen and oxygen atoms in total. The van der Waals surface area contributed by atoms with Crippen molar-refractivity contribution in [2.45, 2.75) is 19.9 Å². The molecule has 6 heteroatoms. The number of primary amides is 1. The Morgan fingerprint density at radius 3 is 2.95 bits per heavy atom. The topological polar surface area (TPSA) is 96.2 Å². The highest BCUT2D eigenvalue weighted by atomic mass is 16.5. The number of anilines is 1. The van der Waals surface area contributed by atoms with Crippen molar-refractivity contribution in [3.63, 3.8) is 0 Å². The second kappa shape index (κ2) is 5.43.